The highest BCUT2D eigenvalue weighted by molar-refractivity contribution is 5.86. The summed E-state index contributed by atoms with van der Waals surface area (Å²) >= 11 is 0. The first kappa shape index (κ1) is 30.4. The lowest BCUT2D eigenvalue weighted by molar-refractivity contribution is -0.192. The van der Waals surface area contributed by atoms with E-state index < -0.39 is 29.9 Å². The highest BCUT2D eigenvalue weighted by Gasteiger charge is 2.38. The molecular formula is C26H32F3N3O6. The Morgan fingerprint density at radius 3 is 2.18 bits per heavy atom. The van der Waals surface area contributed by atoms with Gasteiger partial charge in [0.15, 0.2) is 0 Å². The molecule has 1 aliphatic rings. The number of carbonyl (C=O) groups excluding carboxylic acids is 2. The minimum Gasteiger partial charge on any atom is -0.489 e. The Morgan fingerprint density at radius 1 is 1.08 bits per heavy atom. The fourth-order valence-electron chi connectivity index (χ4n) is 3.52. The van der Waals surface area contributed by atoms with Crippen LogP contribution in [0.1, 0.15) is 39.2 Å². The van der Waals surface area contributed by atoms with Gasteiger partial charge in [-0.1, -0.05) is 30.3 Å². The SMILES string of the molecule is CC(C)(C)OC(=O)N[C@@H](Cc1ccccc1)C(=O)N1CCC(Oc2cccnc2)CC1.O=C(O)C(F)(F)F. The molecule has 0 unspecified atom stereocenters. The molecule has 0 spiro atoms. The molecule has 1 aliphatic heterocycles. The van der Waals surface area contributed by atoms with Gasteiger partial charge in [0.1, 0.15) is 23.5 Å². The van der Waals surface area contributed by atoms with Crippen LogP contribution in [0.5, 0.6) is 5.75 Å². The topological polar surface area (TPSA) is 118 Å². The number of ether oxygens (including phenoxy) is 2. The molecule has 0 saturated carbocycles. The van der Waals surface area contributed by atoms with Crippen LogP contribution < -0.4 is 10.1 Å². The number of benzene rings is 1. The second-order valence-corrected chi connectivity index (χ2v) is 9.52. The number of hydrogen-bond donors (Lipinski definition) is 2. The van der Waals surface area contributed by atoms with Gasteiger partial charge in [-0.2, -0.15) is 13.2 Å². The Balaban J connectivity index is 0.000000638. The number of carbonyl (C=O) groups is 3. The normalized spacial score (nSPS) is 14.9. The zero-order valence-corrected chi connectivity index (χ0v) is 21.4. The Morgan fingerprint density at radius 2 is 1.68 bits per heavy atom. The standard InChI is InChI=1S/C24H31N3O4.C2HF3O2/c1-24(2,3)31-23(29)26-21(16-18-8-5-4-6-9-18)22(28)27-14-11-19(12-15-27)30-20-10-7-13-25-17-20;3-2(4,5)1(6)7/h4-10,13,17,19,21H,11-12,14-16H2,1-3H3,(H,26,29);(H,6,7)/t21-;/m0./s1. The number of piperidine rings is 1. The number of rotatable bonds is 6. The fourth-order valence-corrected chi connectivity index (χ4v) is 3.52. The van der Waals surface area contributed by atoms with Crippen molar-refractivity contribution in [3.63, 3.8) is 0 Å². The first-order valence-corrected chi connectivity index (χ1v) is 11.9. The van der Waals surface area contributed by atoms with Gasteiger partial charge in [-0.25, -0.2) is 9.59 Å². The van der Waals surface area contributed by atoms with Crippen molar-refractivity contribution < 1.29 is 42.1 Å². The number of carboxylic acid groups (broad SMARTS) is 1. The van der Waals surface area contributed by atoms with E-state index in [1.54, 1.807) is 38.1 Å². The van der Waals surface area contributed by atoms with E-state index in [0.717, 1.165) is 24.2 Å². The van der Waals surface area contributed by atoms with E-state index in [4.69, 9.17) is 19.4 Å². The molecule has 12 heteroatoms. The summed E-state index contributed by atoms with van der Waals surface area (Å²) < 4.78 is 43.1. The first-order chi connectivity index (χ1) is 17.7. The summed E-state index contributed by atoms with van der Waals surface area (Å²) in [5.74, 6) is -2.12. The van der Waals surface area contributed by atoms with E-state index in [0.29, 0.717) is 19.5 Å². The molecule has 208 valence electrons. The van der Waals surface area contributed by atoms with Gasteiger partial charge in [0.25, 0.3) is 0 Å². The van der Waals surface area contributed by atoms with Gasteiger partial charge < -0.3 is 24.8 Å². The molecule has 0 aliphatic carbocycles. The minimum atomic E-state index is -5.08. The van der Waals surface area contributed by atoms with Gasteiger partial charge >= 0.3 is 18.2 Å². The Kier molecular flexibility index (Phi) is 10.9. The summed E-state index contributed by atoms with van der Waals surface area (Å²) in [4.78, 5) is 40.4. The third kappa shape index (κ3) is 11.1. The lowest BCUT2D eigenvalue weighted by atomic mass is 10.0. The molecule has 1 aromatic heterocycles. The molecular weight excluding hydrogens is 507 g/mol. The van der Waals surface area contributed by atoms with Crippen molar-refractivity contribution in [1.82, 2.24) is 15.2 Å². The van der Waals surface area contributed by atoms with Gasteiger partial charge in [0, 0.05) is 38.5 Å². The first-order valence-electron chi connectivity index (χ1n) is 11.9. The number of hydrogen-bond acceptors (Lipinski definition) is 6. The summed E-state index contributed by atoms with van der Waals surface area (Å²) in [6, 6.07) is 12.7. The number of likely N-dealkylation sites (tertiary alicyclic amines) is 1. The summed E-state index contributed by atoms with van der Waals surface area (Å²) in [6.07, 6.45) is -0.366. The molecule has 0 bridgehead atoms. The van der Waals surface area contributed by atoms with Crippen LogP contribution in [0.2, 0.25) is 0 Å². The van der Waals surface area contributed by atoms with Crippen molar-refractivity contribution in [2.45, 2.75) is 64.0 Å². The van der Waals surface area contributed by atoms with Crippen LogP contribution in [0.4, 0.5) is 18.0 Å². The molecule has 2 amide bonds. The van der Waals surface area contributed by atoms with E-state index >= 15 is 0 Å². The van der Waals surface area contributed by atoms with E-state index in [1.165, 1.54) is 0 Å². The molecule has 38 heavy (non-hydrogen) atoms. The smallest absolute Gasteiger partial charge is 0.489 e. The molecule has 1 saturated heterocycles. The van der Waals surface area contributed by atoms with Gasteiger partial charge in [-0.3, -0.25) is 9.78 Å². The number of alkyl halides is 3. The maximum absolute atomic E-state index is 13.3. The molecule has 1 atom stereocenters. The van der Waals surface area contributed by atoms with Crippen LogP contribution in [-0.2, 0) is 20.7 Å². The quantitative estimate of drug-likeness (QED) is 0.564. The molecule has 3 rings (SSSR count). The number of halogens is 3. The third-order valence-corrected chi connectivity index (χ3v) is 5.21. The summed E-state index contributed by atoms with van der Waals surface area (Å²) in [6.45, 7) is 6.55. The zero-order chi connectivity index (χ0) is 28.3. The number of nitrogens with one attached hydrogen (secondary N) is 1. The highest BCUT2D eigenvalue weighted by atomic mass is 19.4. The number of nitrogens with zero attached hydrogens (tertiary/aromatic N) is 2. The molecule has 2 heterocycles. The zero-order valence-electron chi connectivity index (χ0n) is 21.4. The maximum Gasteiger partial charge on any atom is 0.490 e. The number of amides is 2. The number of aliphatic carboxylic acids is 1. The molecule has 2 aromatic rings. The van der Waals surface area contributed by atoms with E-state index in [2.05, 4.69) is 10.3 Å². The average Bonchev–Trinajstić information content (AvgIpc) is 2.84. The molecule has 1 fully saturated rings. The minimum absolute atomic E-state index is 0.0413. The highest BCUT2D eigenvalue weighted by Crippen LogP contribution is 2.19. The Bertz CT molecular complexity index is 1040. The average molecular weight is 540 g/mol. The Hall–Kier alpha value is -3.83. The van der Waals surface area contributed by atoms with Gasteiger partial charge in [-0.05, 0) is 38.5 Å². The maximum atomic E-state index is 13.3. The lowest BCUT2D eigenvalue weighted by Crippen LogP contribution is -2.53. The van der Waals surface area contributed by atoms with Gasteiger partial charge in [-0.15, -0.1) is 0 Å². The van der Waals surface area contributed by atoms with E-state index in [1.807, 2.05) is 42.5 Å². The van der Waals surface area contributed by atoms with Crippen LogP contribution in [0.25, 0.3) is 0 Å². The summed E-state index contributed by atoms with van der Waals surface area (Å²) in [5.41, 5.74) is 0.346. The van der Waals surface area contributed by atoms with Crippen molar-refractivity contribution >= 4 is 18.0 Å². The van der Waals surface area contributed by atoms with Crippen LogP contribution in [0.15, 0.2) is 54.9 Å². The fraction of sp³-hybridized carbons (Fsp3) is 0.462. The second-order valence-electron chi connectivity index (χ2n) is 9.52. The summed E-state index contributed by atoms with van der Waals surface area (Å²) in [5, 5.41) is 9.90. The van der Waals surface area contributed by atoms with Gasteiger partial charge in [0.2, 0.25) is 5.91 Å². The molecule has 1 aromatic carbocycles. The van der Waals surface area contributed by atoms with Crippen LogP contribution in [0.3, 0.4) is 0 Å². The van der Waals surface area contributed by atoms with Crippen LogP contribution in [0, 0.1) is 0 Å². The van der Waals surface area contributed by atoms with Crippen LogP contribution in [-0.4, -0.2) is 70.0 Å². The monoisotopic (exact) mass is 539 g/mol. The van der Waals surface area contributed by atoms with Crippen molar-refractivity contribution in [1.29, 1.82) is 0 Å². The van der Waals surface area contributed by atoms with Gasteiger partial charge in [0.05, 0.1) is 6.20 Å². The number of aromatic nitrogens is 1. The second kappa shape index (κ2) is 13.6. The molecule has 0 radical (unpaired) electrons. The summed E-state index contributed by atoms with van der Waals surface area (Å²) in [7, 11) is 0. The lowest BCUT2D eigenvalue weighted by Gasteiger charge is -2.34. The van der Waals surface area contributed by atoms with Crippen molar-refractivity contribution in [2.24, 2.45) is 0 Å². The largest absolute Gasteiger partial charge is 0.490 e. The number of carboxylic acids is 1. The Labute approximate surface area is 218 Å². The van der Waals surface area contributed by atoms with Crippen LogP contribution >= 0.6 is 0 Å². The predicted molar refractivity (Wildman–Crippen MR) is 131 cm³/mol. The number of pyridine rings is 1. The third-order valence-electron chi connectivity index (χ3n) is 5.21. The molecule has 9 nitrogen and oxygen atoms in total. The van der Waals surface area contributed by atoms with Crippen molar-refractivity contribution in [2.75, 3.05) is 13.1 Å². The number of alkyl carbamates (subject to hydrolysis) is 1. The van der Waals surface area contributed by atoms with Crippen molar-refractivity contribution in [3.8, 4) is 5.75 Å². The van der Waals surface area contributed by atoms with E-state index in [9.17, 15) is 22.8 Å². The predicted octanol–water partition coefficient (Wildman–Crippen LogP) is 4.22. The van der Waals surface area contributed by atoms with Crippen molar-refractivity contribution in [3.05, 3.63) is 60.4 Å². The van der Waals surface area contributed by atoms with E-state index in [-0.39, 0.29) is 12.0 Å². The molecule has 2 N–H and O–H groups in total.